The van der Waals surface area contributed by atoms with Crippen LogP contribution < -0.4 is 14.2 Å². The van der Waals surface area contributed by atoms with Gasteiger partial charge in [-0.2, -0.15) is 0 Å². The number of rotatable bonds is 10. The van der Waals surface area contributed by atoms with Crippen molar-refractivity contribution in [3.05, 3.63) is 215 Å². The van der Waals surface area contributed by atoms with Crippen LogP contribution in [0.1, 0.15) is 47.8 Å². The number of aldehydes is 2. The van der Waals surface area contributed by atoms with E-state index in [9.17, 15) is 18.8 Å². The standard InChI is InChI=1S/C14H12O3.C14H12O2.C13H12O2.C7H5FO/c1-10-2-6-12(7-3-10)17-13-8-4-11(5-9-13)14(15)16;1-11-2-6-13(7-3-11)16-14-8-4-12(10-15)5-9-14;14-12-6-8-13(9-7-12)15-10-11-4-2-1-3-5-11;8-7-3-1-6(5-9)2-4-7/h2-9H,1H3,(H,15,16);2-10H,1H3;1-9,14H,10H2;1-5H. The number of aromatic hydroxyl groups is 1. The molecule has 9 heteroatoms. The second kappa shape index (κ2) is 22.6. The van der Waals surface area contributed by atoms with Gasteiger partial charge in [-0.15, -0.1) is 0 Å². The number of aromatic carboxylic acids is 1. The number of benzene rings is 7. The van der Waals surface area contributed by atoms with Crippen molar-refractivity contribution in [3.8, 4) is 34.5 Å². The third-order valence-corrected chi connectivity index (χ3v) is 7.72. The first-order chi connectivity index (χ1) is 27.6. The van der Waals surface area contributed by atoms with E-state index in [0.717, 1.165) is 34.8 Å². The Labute approximate surface area is 331 Å². The molecule has 0 unspecified atom stereocenters. The first kappa shape index (κ1) is 42.2. The molecule has 0 amide bonds. The topological polar surface area (TPSA) is 119 Å². The molecule has 7 aromatic rings. The van der Waals surface area contributed by atoms with Crippen LogP contribution >= 0.6 is 0 Å². The lowest BCUT2D eigenvalue weighted by molar-refractivity contribution is 0.0696. The third kappa shape index (κ3) is 15.8. The van der Waals surface area contributed by atoms with Crippen LogP contribution in [0.3, 0.4) is 0 Å². The molecule has 57 heavy (non-hydrogen) atoms. The Morgan fingerprint density at radius 1 is 0.526 bits per heavy atom. The van der Waals surface area contributed by atoms with E-state index < -0.39 is 5.97 Å². The Morgan fingerprint density at radius 3 is 1.33 bits per heavy atom. The smallest absolute Gasteiger partial charge is 0.335 e. The van der Waals surface area contributed by atoms with E-state index in [1.165, 1.54) is 47.5 Å². The monoisotopic (exact) mass is 764 g/mol. The quantitative estimate of drug-likeness (QED) is 0.132. The number of ether oxygens (including phenoxy) is 3. The summed E-state index contributed by atoms with van der Waals surface area (Å²) in [5.74, 6) is 2.64. The number of aryl methyl sites for hydroxylation is 2. The maximum Gasteiger partial charge on any atom is 0.335 e. The fraction of sp³-hybridized carbons (Fsp3) is 0.0625. The van der Waals surface area contributed by atoms with Gasteiger partial charge in [-0.1, -0.05) is 65.7 Å². The Hall–Kier alpha value is -7.52. The van der Waals surface area contributed by atoms with Gasteiger partial charge in [0.05, 0.1) is 5.56 Å². The molecule has 2 N–H and O–H groups in total. The summed E-state index contributed by atoms with van der Waals surface area (Å²) >= 11 is 0. The molecule has 0 atom stereocenters. The second-order valence-electron chi connectivity index (χ2n) is 12.3. The van der Waals surface area contributed by atoms with Gasteiger partial charge in [0.15, 0.2) is 0 Å². The Kier molecular flexibility index (Phi) is 16.8. The van der Waals surface area contributed by atoms with E-state index in [1.54, 1.807) is 60.7 Å². The lowest BCUT2D eigenvalue weighted by atomic mass is 10.2. The number of carbonyl (C=O) groups excluding carboxylic acids is 2. The zero-order valence-corrected chi connectivity index (χ0v) is 31.3. The van der Waals surface area contributed by atoms with E-state index in [1.807, 2.05) is 92.7 Å². The van der Waals surface area contributed by atoms with Crippen molar-refractivity contribution in [1.82, 2.24) is 0 Å². The Morgan fingerprint density at radius 2 is 0.912 bits per heavy atom. The highest BCUT2D eigenvalue weighted by Gasteiger charge is 2.03. The maximum atomic E-state index is 12.1. The summed E-state index contributed by atoms with van der Waals surface area (Å²) in [6.45, 7) is 4.58. The van der Waals surface area contributed by atoms with Crippen molar-refractivity contribution in [1.29, 1.82) is 0 Å². The van der Waals surface area contributed by atoms with Crippen LogP contribution in [0.2, 0.25) is 0 Å². The average molecular weight is 765 g/mol. The SMILES string of the molecule is Cc1ccc(Oc2ccc(C(=O)O)cc2)cc1.Cc1ccc(Oc2ccc(C=O)cc2)cc1.O=Cc1ccc(F)cc1.Oc1ccc(OCc2ccccc2)cc1. The molecule has 7 aromatic carbocycles. The van der Waals surface area contributed by atoms with Crippen LogP contribution in [0.25, 0.3) is 0 Å². The van der Waals surface area contributed by atoms with Gasteiger partial charge in [0, 0.05) is 11.1 Å². The molecule has 0 fully saturated rings. The number of hydrogen-bond acceptors (Lipinski definition) is 7. The first-order valence-electron chi connectivity index (χ1n) is 17.6. The number of phenols is 1. The molecule has 0 aromatic heterocycles. The fourth-order valence-corrected chi connectivity index (χ4v) is 4.59. The number of carboxylic acids is 1. The van der Waals surface area contributed by atoms with Crippen LogP contribution in [0.5, 0.6) is 34.5 Å². The second-order valence-corrected chi connectivity index (χ2v) is 12.3. The number of halogens is 1. The largest absolute Gasteiger partial charge is 0.508 e. The van der Waals surface area contributed by atoms with E-state index in [0.29, 0.717) is 29.8 Å². The van der Waals surface area contributed by atoms with Gasteiger partial charge in [-0.05, 0) is 141 Å². The van der Waals surface area contributed by atoms with Gasteiger partial charge < -0.3 is 24.4 Å². The van der Waals surface area contributed by atoms with Crippen molar-refractivity contribution in [3.63, 3.8) is 0 Å². The Bertz CT molecular complexity index is 2240. The number of hydrogen-bond donors (Lipinski definition) is 2. The van der Waals surface area contributed by atoms with Crippen LogP contribution in [0.15, 0.2) is 176 Å². The van der Waals surface area contributed by atoms with Gasteiger partial charge >= 0.3 is 5.97 Å². The lowest BCUT2D eigenvalue weighted by Gasteiger charge is -2.05. The summed E-state index contributed by atoms with van der Waals surface area (Å²) in [6.07, 6.45) is 1.50. The molecule has 0 heterocycles. The molecule has 0 aliphatic carbocycles. The van der Waals surface area contributed by atoms with Crippen molar-refractivity contribution in [2.75, 3.05) is 0 Å². The van der Waals surface area contributed by atoms with Crippen molar-refractivity contribution in [2.24, 2.45) is 0 Å². The zero-order valence-electron chi connectivity index (χ0n) is 31.3. The molecule has 0 spiro atoms. The van der Waals surface area contributed by atoms with Crippen molar-refractivity contribution >= 4 is 18.5 Å². The Balaban J connectivity index is 0.000000172. The van der Waals surface area contributed by atoms with Crippen molar-refractivity contribution < 1.29 is 43.2 Å². The van der Waals surface area contributed by atoms with Gasteiger partial charge in [0.25, 0.3) is 0 Å². The molecule has 0 radical (unpaired) electrons. The minimum atomic E-state index is -0.938. The van der Waals surface area contributed by atoms with Crippen LogP contribution in [-0.4, -0.2) is 28.8 Å². The predicted molar refractivity (Wildman–Crippen MR) is 218 cm³/mol. The van der Waals surface area contributed by atoms with E-state index in [4.69, 9.17) is 24.4 Å². The molecule has 0 bridgehead atoms. The van der Waals surface area contributed by atoms with Crippen molar-refractivity contribution in [2.45, 2.75) is 20.5 Å². The third-order valence-electron chi connectivity index (χ3n) is 7.72. The van der Waals surface area contributed by atoms with E-state index in [2.05, 4.69) is 0 Å². The zero-order chi connectivity index (χ0) is 40.8. The van der Waals surface area contributed by atoms with Gasteiger partial charge in [-0.3, -0.25) is 9.59 Å². The fourth-order valence-electron chi connectivity index (χ4n) is 4.59. The van der Waals surface area contributed by atoms with E-state index in [-0.39, 0.29) is 17.1 Å². The molecule has 288 valence electrons. The number of phenolic OH excluding ortho intramolecular Hbond substituents is 1. The predicted octanol–water partition coefficient (Wildman–Crippen LogP) is 11.7. The highest BCUT2D eigenvalue weighted by molar-refractivity contribution is 5.87. The normalized spacial score (nSPS) is 9.74. The van der Waals surface area contributed by atoms with Crippen LogP contribution in [0.4, 0.5) is 4.39 Å². The highest BCUT2D eigenvalue weighted by atomic mass is 19.1. The molecule has 0 saturated carbocycles. The average Bonchev–Trinajstić information content (AvgIpc) is 3.24. The molecule has 0 saturated heterocycles. The molecule has 8 nitrogen and oxygen atoms in total. The van der Waals surface area contributed by atoms with Gasteiger partial charge in [-0.25, -0.2) is 9.18 Å². The summed E-state index contributed by atoms with van der Waals surface area (Å²) in [5.41, 5.74) is 4.89. The van der Waals surface area contributed by atoms with E-state index >= 15 is 0 Å². The minimum absolute atomic E-state index is 0.251. The molecular weight excluding hydrogens is 724 g/mol. The number of carboxylic acid groups (broad SMARTS) is 1. The van der Waals surface area contributed by atoms with Crippen LogP contribution in [0, 0.1) is 19.7 Å². The molecular formula is C48H41FO8. The van der Waals surface area contributed by atoms with Gasteiger partial charge in [0.2, 0.25) is 0 Å². The summed E-state index contributed by atoms with van der Waals surface area (Å²) in [4.78, 5) is 31.1. The van der Waals surface area contributed by atoms with Crippen LogP contribution in [-0.2, 0) is 6.61 Å². The molecule has 7 rings (SSSR count). The lowest BCUT2D eigenvalue weighted by Crippen LogP contribution is -1.95. The molecule has 0 aliphatic rings. The highest BCUT2D eigenvalue weighted by Crippen LogP contribution is 2.23. The first-order valence-corrected chi connectivity index (χ1v) is 17.6. The maximum absolute atomic E-state index is 12.1. The minimum Gasteiger partial charge on any atom is -0.508 e. The summed E-state index contributed by atoms with van der Waals surface area (Å²) in [6, 6.07) is 50.9. The van der Waals surface area contributed by atoms with Gasteiger partial charge in [0.1, 0.15) is 59.5 Å². The molecule has 0 aliphatic heterocycles. The summed E-state index contributed by atoms with van der Waals surface area (Å²) < 4.78 is 28.8. The summed E-state index contributed by atoms with van der Waals surface area (Å²) in [5, 5.41) is 17.8. The number of carbonyl (C=O) groups is 3. The summed E-state index contributed by atoms with van der Waals surface area (Å²) in [7, 11) is 0.